The van der Waals surface area contributed by atoms with Crippen LogP contribution in [0.4, 0.5) is 37.0 Å². The van der Waals surface area contributed by atoms with Crippen LogP contribution in [0.3, 0.4) is 0 Å². The van der Waals surface area contributed by atoms with Crippen molar-refractivity contribution in [1.82, 2.24) is 9.88 Å². The summed E-state index contributed by atoms with van der Waals surface area (Å²) in [4.78, 5) is 33.4. The normalized spacial score (nSPS) is 22.6. The summed E-state index contributed by atoms with van der Waals surface area (Å²) >= 11 is 0. The number of cyclic esters (lactones) is 1. The zero-order valence-corrected chi connectivity index (χ0v) is 26.3. The van der Waals surface area contributed by atoms with Crippen LogP contribution in [0.25, 0.3) is 11.1 Å². The zero-order chi connectivity index (χ0) is 34.5. The number of alkyl halides is 6. The quantitative estimate of drug-likeness (QED) is 0.178. The molecule has 14 heteroatoms. The van der Waals surface area contributed by atoms with E-state index in [1.54, 1.807) is 0 Å². The van der Waals surface area contributed by atoms with Gasteiger partial charge in [0.2, 0.25) is 0 Å². The molecule has 2 aliphatic heterocycles. The third-order valence-electron chi connectivity index (χ3n) is 9.45. The summed E-state index contributed by atoms with van der Waals surface area (Å²) in [7, 11) is 2.88. The number of hydrogen-bond donors (Lipinski definition) is 0. The van der Waals surface area contributed by atoms with Gasteiger partial charge in [-0.05, 0) is 85.7 Å². The summed E-state index contributed by atoms with van der Waals surface area (Å²) in [6.07, 6.45) is -10.2. The van der Waals surface area contributed by atoms with E-state index in [-0.39, 0.29) is 30.4 Å². The van der Waals surface area contributed by atoms with Gasteiger partial charge in [0.15, 0.2) is 0 Å². The van der Waals surface area contributed by atoms with E-state index in [1.165, 1.54) is 26.0 Å². The lowest BCUT2D eigenvalue weighted by molar-refractivity contribution is -0.149. The van der Waals surface area contributed by atoms with Crippen molar-refractivity contribution in [1.29, 1.82) is 0 Å². The fourth-order valence-corrected chi connectivity index (χ4v) is 6.48. The van der Waals surface area contributed by atoms with Gasteiger partial charge in [-0.15, -0.1) is 0 Å². The molecule has 8 nitrogen and oxygen atoms in total. The molecule has 0 radical (unpaired) electrons. The second-order valence-electron chi connectivity index (χ2n) is 12.4. The van der Waals surface area contributed by atoms with E-state index in [4.69, 9.17) is 19.2 Å². The minimum atomic E-state index is -5.05. The molecule has 1 saturated carbocycles. The first-order chi connectivity index (χ1) is 22.7. The van der Waals surface area contributed by atoms with Crippen LogP contribution in [0.2, 0.25) is 0 Å². The predicted octanol–water partition coefficient (Wildman–Crippen LogP) is 7.75. The van der Waals surface area contributed by atoms with Gasteiger partial charge in [0, 0.05) is 24.2 Å². The lowest BCUT2D eigenvalue weighted by Crippen LogP contribution is -2.38. The van der Waals surface area contributed by atoms with Gasteiger partial charge in [-0.2, -0.15) is 26.3 Å². The molecule has 0 spiro atoms. The Morgan fingerprint density at radius 2 is 1.58 bits per heavy atom. The summed E-state index contributed by atoms with van der Waals surface area (Å²) in [5.74, 6) is 0.871. The number of benzene rings is 2. The van der Waals surface area contributed by atoms with Crippen LogP contribution in [0.15, 0.2) is 48.5 Å². The van der Waals surface area contributed by atoms with E-state index in [0.717, 1.165) is 25.1 Å². The van der Waals surface area contributed by atoms with E-state index in [2.05, 4.69) is 4.90 Å². The molecular weight excluding hydrogens is 644 g/mol. The van der Waals surface area contributed by atoms with Gasteiger partial charge in [0.25, 0.3) is 0 Å². The number of rotatable bonds is 8. The van der Waals surface area contributed by atoms with Crippen LogP contribution >= 0.6 is 0 Å². The molecule has 3 fully saturated rings. The molecular formula is C34H33F6N3O5. The van der Waals surface area contributed by atoms with Crippen LogP contribution in [-0.4, -0.2) is 55.3 Å². The largest absolute Gasteiger partial charge is 0.496 e. The highest BCUT2D eigenvalue weighted by Crippen LogP contribution is 2.46. The van der Waals surface area contributed by atoms with Gasteiger partial charge in [0.05, 0.1) is 49.5 Å². The Balaban J connectivity index is 1.35. The number of ether oxygens (including phenoxy) is 3. The number of carbonyl (C=O) groups excluding carboxylic acids is 2. The molecule has 256 valence electrons. The van der Waals surface area contributed by atoms with Crippen molar-refractivity contribution in [3.05, 3.63) is 76.5 Å². The maximum atomic E-state index is 13.6. The Bertz CT molecular complexity index is 1690. The molecule has 1 aliphatic carbocycles. The Labute approximate surface area is 272 Å². The number of halogens is 6. The standard InChI is InChI=1S/C34H33F6N3O5/c1-18-30(21-13-23(33(35,36)37)16-24(14-21)34(38,39)40)48-32(45)43(18)17-27-25(6-8-29(41-27)42-9-4-10-42)26-15-19(5-7-28(26)46-2)20-11-22(12-20)31(44)47-3/h5-8,13-16,18,20,22,30H,4,9-12,17H2,1-3H3/t18-,20?,22?,30-/m0/s1. The van der Waals surface area contributed by atoms with Crippen molar-refractivity contribution >= 4 is 17.9 Å². The lowest BCUT2D eigenvalue weighted by Gasteiger charge is -2.34. The van der Waals surface area contributed by atoms with Gasteiger partial charge in [-0.3, -0.25) is 9.69 Å². The molecule has 2 aromatic carbocycles. The molecule has 3 aromatic rings. The third kappa shape index (κ3) is 6.36. The van der Waals surface area contributed by atoms with E-state index >= 15 is 0 Å². The summed E-state index contributed by atoms with van der Waals surface area (Å²) in [5.41, 5.74) is -0.665. The molecule has 48 heavy (non-hydrogen) atoms. The smallest absolute Gasteiger partial charge is 0.416 e. The number of anilines is 1. The summed E-state index contributed by atoms with van der Waals surface area (Å²) in [5, 5.41) is 0. The highest BCUT2D eigenvalue weighted by molar-refractivity contribution is 5.77. The highest BCUT2D eigenvalue weighted by Gasteiger charge is 2.44. The molecule has 1 amide bonds. The SMILES string of the molecule is COC(=O)C1CC(c2ccc(OC)c(-c3ccc(N4CCC4)nc3CN3C(=O)O[C@H](c4cc(C(F)(F)F)cc(C(F)(F)F)c4)[C@@H]3C)c2)C1. The van der Waals surface area contributed by atoms with Gasteiger partial charge in [-0.25, -0.2) is 9.78 Å². The third-order valence-corrected chi connectivity index (χ3v) is 9.45. The van der Waals surface area contributed by atoms with Crippen molar-refractivity contribution < 1.29 is 50.1 Å². The van der Waals surface area contributed by atoms with Gasteiger partial charge in [0.1, 0.15) is 17.7 Å². The Hall–Kier alpha value is -4.49. The van der Waals surface area contributed by atoms with Crippen LogP contribution in [0.1, 0.15) is 66.2 Å². The molecule has 2 saturated heterocycles. The molecule has 3 aliphatic rings. The number of methoxy groups -OCH3 is 2. The average molecular weight is 678 g/mol. The molecule has 0 bridgehead atoms. The number of aromatic nitrogens is 1. The van der Waals surface area contributed by atoms with Crippen LogP contribution in [0, 0.1) is 5.92 Å². The minimum absolute atomic E-state index is 0.0426. The second-order valence-corrected chi connectivity index (χ2v) is 12.4. The fraction of sp³-hybridized carbons (Fsp3) is 0.441. The van der Waals surface area contributed by atoms with Crippen molar-refractivity contribution in [2.75, 3.05) is 32.2 Å². The van der Waals surface area contributed by atoms with Crippen molar-refractivity contribution in [2.45, 2.75) is 63.1 Å². The van der Waals surface area contributed by atoms with Crippen LogP contribution in [-0.2, 0) is 33.2 Å². The first-order valence-electron chi connectivity index (χ1n) is 15.5. The molecule has 2 atom stereocenters. The second kappa shape index (κ2) is 12.5. The zero-order valence-electron chi connectivity index (χ0n) is 26.3. The number of pyridine rings is 1. The Morgan fingerprint density at radius 1 is 0.917 bits per heavy atom. The summed E-state index contributed by atoms with van der Waals surface area (Å²) in [6, 6.07) is 9.69. The first kappa shape index (κ1) is 33.4. The molecule has 0 N–H and O–H groups in total. The summed E-state index contributed by atoms with van der Waals surface area (Å²) < 4.78 is 97.7. The van der Waals surface area contributed by atoms with E-state index < -0.39 is 47.3 Å². The molecule has 0 unspecified atom stereocenters. The first-order valence-corrected chi connectivity index (χ1v) is 15.5. The fourth-order valence-electron chi connectivity index (χ4n) is 6.48. The Morgan fingerprint density at radius 3 is 2.15 bits per heavy atom. The predicted molar refractivity (Wildman–Crippen MR) is 161 cm³/mol. The maximum Gasteiger partial charge on any atom is 0.416 e. The number of carbonyl (C=O) groups is 2. The van der Waals surface area contributed by atoms with E-state index in [0.29, 0.717) is 53.4 Å². The van der Waals surface area contributed by atoms with Gasteiger partial charge >= 0.3 is 24.4 Å². The van der Waals surface area contributed by atoms with Crippen LogP contribution in [0.5, 0.6) is 5.75 Å². The number of hydrogen-bond acceptors (Lipinski definition) is 7. The number of esters is 1. The Kier molecular flexibility index (Phi) is 8.71. The topological polar surface area (TPSA) is 81.2 Å². The van der Waals surface area contributed by atoms with Crippen molar-refractivity contribution in [3.8, 4) is 16.9 Å². The monoisotopic (exact) mass is 677 g/mol. The molecule has 6 rings (SSSR count). The summed E-state index contributed by atoms with van der Waals surface area (Å²) in [6.45, 7) is 2.95. The average Bonchev–Trinajstić information content (AvgIpc) is 3.27. The lowest BCUT2D eigenvalue weighted by atomic mass is 9.71. The highest BCUT2D eigenvalue weighted by atomic mass is 19.4. The minimum Gasteiger partial charge on any atom is -0.496 e. The van der Waals surface area contributed by atoms with Crippen molar-refractivity contribution in [2.24, 2.45) is 5.92 Å². The van der Waals surface area contributed by atoms with E-state index in [1.807, 2.05) is 30.3 Å². The molecule has 1 aromatic heterocycles. The van der Waals surface area contributed by atoms with Gasteiger partial charge < -0.3 is 19.1 Å². The number of amides is 1. The van der Waals surface area contributed by atoms with Crippen LogP contribution < -0.4 is 9.64 Å². The number of nitrogens with zero attached hydrogens (tertiary/aromatic N) is 3. The van der Waals surface area contributed by atoms with Gasteiger partial charge in [-0.1, -0.05) is 6.07 Å². The molecule has 3 heterocycles. The van der Waals surface area contributed by atoms with Crippen molar-refractivity contribution in [3.63, 3.8) is 0 Å². The maximum absolute atomic E-state index is 13.6. The van der Waals surface area contributed by atoms with E-state index in [9.17, 15) is 35.9 Å².